The van der Waals surface area contributed by atoms with E-state index in [9.17, 15) is 0 Å². The fraction of sp³-hybridized carbons (Fsp3) is 0.0909. The Kier molecular flexibility index (Phi) is 2.04. The van der Waals surface area contributed by atoms with E-state index in [1.807, 2.05) is 6.07 Å². The van der Waals surface area contributed by atoms with Crippen LogP contribution in [0.4, 0.5) is 0 Å². The average Bonchev–Trinajstić information content (AvgIpc) is 2.27. The molecule has 1 aromatic heterocycles. The molecule has 0 saturated heterocycles. The molecule has 14 heavy (non-hydrogen) atoms. The number of rotatable bonds is 1. The third-order valence-electron chi connectivity index (χ3n) is 2.12. The zero-order chi connectivity index (χ0) is 9.97. The minimum absolute atomic E-state index is 0.619. The van der Waals surface area contributed by atoms with Gasteiger partial charge in [-0.05, 0) is 18.2 Å². The Balaban J connectivity index is 2.87. The predicted octanol–water partition coefficient (Wildman–Crippen LogP) is 2.12. The lowest BCUT2D eigenvalue weighted by atomic mass is 10.1. The Labute approximate surface area is 81.6 Å². The third kappa shape index (κ3) is 1.17. The van der Waals surface area contributed by atoms with Gasteiger partial charge in [-0.1, -0.05) is 0 Å². The zero-order valence-corrected chi connectivity index (χ0v) is 7.69. The molecule has 3 nitrogen and oxygen atoms in total. The molecule has 0 aliphatic carbocycles. The number of nitrogens with zero attached hydrogens (tertiary/aromatic N) is 2. The molecule has 0 saturated carbocycles. The van der Waals surface area contributed by atoms with Gasteiger partial charge in [0.05, 0.1) is 18.7 Å². The van der Waals surface area contributed by atoms with Crippen LogP contribution in [0.5, 0.6) is 5.75 Å². The Morgan fingerprint density at radius 3 is 2.86 bits per heavy atom. The highest BCUT2D eigenvalue weighted by Gasteiger charge is 2.04. The van der Waals surface area contributed by atoms with Crippen LogP contribution in [0.15, 0.2) is 30.6 Å². The molecule has 0 N–H and O–H groups in total. The van der Waals surface area contributed by atoms with E-state index >= 15 is 0 Å². The van der Waals surface area contributed by atoms with E-state index in [4.69, 9.17) is 10.00 Å². The maximum absolute atomic E-state index is 8.88. The maximum Gasteiger partial charge on any atom is 0.126 e. The lowest BCUT2D eigenvalue weighted by molar-refractivity contribution is 0.420. The number of fused-ring (bicyclic) bond motifs is 1. The van der Waals surface area contributed by atoms with E-state index in [2.05, 4.69) is 11.1 Å². The smallest absolute Gasteiger partial charge is 0.126 e. The summed E-state index contributed by atoms with van der Waals surface area (Å²) in [7, 11) is 1.61. The molecule has 0 fully saturated rings. The highest BCUT2D eigenvalue weighted by Crippen LogP contribution is 2.26. The van der Waals surface area contributed by atoms with E-state index in [1.54, 1.807) is 31.6 Å². The highest BCUT2D eigenvalue weighted by atomic mass is 16.5. The van der Waals surface area contributed by atoms with Gasteiger partial charge in [-0.15, -0.1) is 0 Å². The molecule has 0 aliphatic rings. The minimum Gasteiger partial charge on any atom is -0.496 e. The molecular weight excluding hydrogens is 176 g/mol. The largest absolute Gasteiger partial charge is 0.496 e. The van der Waals surface area contributed by atoms with Crippen molar-refractivity contribution >= 4 is 10.8 Å². The summed E-state index contributed by atoms with van der Waals surface area (Å²) in [5.41, 5.74) is 0.619. The van der Waals surface area contributed by atoms with Crippen molar-refractivity contribution in [3.8, 4) is 11.8 Å². The number of hydrogen-bond acceptors (Lipinski definition) is 3. The van der Waals surface area contributed by atoms with E-state index in [-0.39, 0.29) is 0 Å². The van der Waals surface area contributed by atoms with Crippen molar-refractivity contribution in [2.24, 2.45) is 0 Å². The third-order valence-corrected chi connectivity index (χ3v) is 2.12. The first-order chi connectivity index (χ1) is 6.86. The molecule has 0 bridgehead atoms. The topological polar surface area (TPSA) is 45.9 Å². The maximum atomic E-state index is 8.88. The molecule has 0 radical (unpaired) electrons. The van der Waals surface area contributed by atoms with Crippen LogP contribution in [0, 0.1) is 11.3 Å². The fourth-order valence-corrected chi connectivity index (χ4v) is 1.44. The van der Waals surface area contributed by atoms with Crippen LogP contribution < -0.4 is 4.74 Å². The van der Waals surface area contributed by atoms with Gasteiger partial charge in [-0.2, -0.15) is 5.26 Å². The summed E-state index contributed by atoms with van der Waals surface area (Å²) >= 11 is 0. The number of hydrogen-bond donors (Lipinski definition) is 0. The van der Waals surface area contributed by atoms with Crippen LogP contribution in [0.2, 0.25) is 0 Å². The lowest BCUT2D eigenvalue weighted by Gasteiger charge is -2.05. The number of nitriles is 1. The molecular formula is C11H8N2O. The average molecular weight is 184 g/mol. The molecule has 68 valence electrons. The highest BCUT2D eigenvalue weighted by molar-refractivity contribution is 5.91. The van der Waals surface area contributed by atoms with Crippen molar-refractivity contribution in [3.63, 3.8) is 0 Å². The first-order valence-electron chi connectivity index (χ1n) is 4.17. The van der Waals surface area contributed by atoms with Crippen molar-refractivity contribution in [3.05, 3.63) is 36.2 Å². The number of ether oxygens (including phenoxy) is 1. The van der Waals surface area contributed by atoms with Gasteiger partial charge in [0, 0.05) is 23.2 Å². The minimum atomic E-state index is 0.619. The number of aromatic nitrogens is 1. The summed E-state index contributed by atoms with van der Waals surface area (Å²) < 4.78 is 5.19. The van der Waals surface area contributed by atoms with Crippen molar-refractivity contribution < 1.29 is 4.74 Å². The monoisotopic (exact) mass is 184 g/mol. The molecule has 0 atom stereocenters. The molecule has 0 unspecified atom stereocenters. The van der Waals surface area contributed by atoms with Crippen molar-refractivity contribution in [1.82, 2.24) is 4.98 Å². The molecule has 0 spiro atoms. The summed E-state index contributed by atoms with van der Waals surface area (Å²) in [6.45, 7) is 0. The first kappa shape index (κ1) is 8.52. The molecule has 2 rings (SSSR count). The summed E-state index contributed by atoms with van der Waals surface area (Å²) in [5, 5.41) is 10.6. The molecule has 0 amide bonds. The lowest BCUT2D eigenvalue weighted by Crippen LogP contribution is -1.87. The normalized spacial score (nSPS) is 9.71. The number of pyridine rings is 1. The number of methoxy groups -OCH3 is 1. The van der Waals surface area contributed by atoms with Gasteiger partial charge in [0.1, 0.15) is 5.75 Å². The van der Waals surface area contributed by atoms with E-state index in [1.165, 1.54) is 0 Å². The van der Waals surface area contributed by atoms with Crippen LogP contribution in [-0.2, 0) is 0 Å². The van der Waals surface area contributed by atoms with Crippen molar-refractivity contribution in [2.75, 3.05) is 7.11 Å². The summed E-state index contributed by atoms with van der Waals surface area (Å²) in [5.74, 6) is 0.765. The second kappa shape index (κ2) is 3.35. The standard InChI is InChI=1S/C11H8N2O/c1-14-11-3-2-8(6-12)10-7-13-5-4-9(10)11/h2-5,7H,1H3. The SMILES string of the molecule is COc1ccc(C#N)c2cnccc12. The Hall–Kier alpha value is -2.08. The molecule has 3 heteroatoms. The second-order valence-electron chi connectivity index (χ2n) is 2.85. The summed E-state index contributed by atoms with van der Waals surface area (Å²) in [6.07, 6.45) is 3.36. The van der Waals surface area contributed by atoms with Gasteiger partial charge in [-0.25, -0.2) is 0 Å². The molecule has 2 aromatic rings. The van der Waals surface area contributed by atoms with Crippen molar-refractivity contribution in [1.29, 1.82) is 5.26 Å². The summed E-state index contributed by atoms with van der Waals surface area (Å²) in [6, 6.07) is 7.50. The Morgan fingerprint density at radius 2 is 2.14 bits per heavy atom. The quantitative estimate of drug-likeness (QED) is 0.681. The van der Waals surface area contributed by atoms with Crippen LogP contribution in [-0.4, -0.2) is 12.1 Å². The van der Waals surface area contributed by atoms with Gasteiger partial charge >= 0.3 is 0 Å². The molecule has 1 heterocycles. The van der Waals surface area contributed by atoms with E-state index in [0.717, 1.165) is 16.5 Å². The van der Waals surface area contributed by atoms with Gasteiger partial charge in [-0.3, -0.25) is 4.98 Å². The Morgan fingerprint density at radius 1 is 1.29 bits per heavy atom. The van der Waals surface area contributed by atoms with Crippen LogP contribution >= 0.6 is 0 Å². The van der Waals surface area contributed by atoms with Crippen LogP contribution in [0.3, 0.4) is 0 Å². The van der Waals surface area contributed by atoms with Gasteiger partial charge < -0.3 is 4.74 Å². The van der Waals surface area contributed by atoms with Crippen LogP contribution in [0.25, 0.3) is 10.8 Å². The Bertz CT molecular complexity index is 514. The van der Waals surface area contributed by atoms with Gasteiger partial charge in [0.15, 0.2) is 0 Å². The molecule has 1 aromatic carbocycles. The first-order valence-corrected chi connectivity index (χ1v) is 4.17. The zero-order valence-electron chi connectivity index (χ0n) is 7.69. The number of benzene rings is 1. The van der Waals surface area contributed by atoms with E-state index in [0.29, 0.717) is 5.56 Å². The molecule has 0 aliphatic heterocycles. The van der Waals surface area contributed by atoms with Crippen LogP contribution in [0.1, 0.15) is 5.56 Å². The second-order valence-corrected chi connectivity index (χ2v) is 2.85. The van der Waals surface area contributed by atoms with E-state index < -0.39 is 0 Å². The van der Waals surface area contributed by atoms with Gasteiger partial charge in [0.25, 0.3) is 0 Å². The van der Waals surface area contributed by atoms with Gasteiger partial charge in [0.2, 0.25) is 0 Å². The summed E-state index contributed by atoms with van der Waals surface area (Å²) in [4.78, 5) is 3.99. The predicted molar refractivity (Wildman–Crippen MR) is 53.0 cm³/mol. The fourth-order valence-electron chi connectivity index (χ4n) is 1.44. The van der Waals surface area contributed by atoms with Crippen molar-refractivity contribution in [2.45, 2.75) is 0 Å².